The molecule has 0 unspecified atom stereocenters. The van der Waals surface area contributed by atoms with Crippen LogP contribution in [0.5, 0.6) is 34.7 Å². The van der Waals surface area contributed by atoms with E-state index in [0.717, 1.165) is 17.4 Å². The van der Waals surface area contributed by atoms with Crippen LogP contribution >= 0.6 is 0 Å². The zero-order valence-electron chi connectivity index (χ0n) is 16.8. The smallest absolute Gasteiger partial charge is 0.294 e. The van der Waals surface area contributed by atoms with E-state index in [0.29, 0.717) is 5.75 Å². The van der Waals surface area contributed by atoms with E-state index in [1.165, 1.54) is 13.2 Å². The Labute approximate surface area is 177 Å². The molecule has 0 aliphatic heterocycles. The van der Waals surface area contributed by atoms with Gasteiger partial charge in [0.25, 0.3) is 5.95 Å². The summed E-state index contributed by atoms with van der Waals surface area (Å²) in [6.45, 7) is 0.197. The summed E-state index contributed by atoms with van der Waals surface area (Å²) in [4.78, 5) is 16.5. The van der Waals surface area contributed by atoms with Crippen LogP contribution in [0.15, 0.2) is 70.1 Å². The highest BCUT2D eigenvalue weighted by Crippen LogP contribution is 2.42. The van der Waals surface area contributed by atoms with Crippen LogP contribution in [0.2, 0.25) is 0 Å². The van der Waals surface area contributed by atoms with Gasteiger partial charge in [-0.2, -0.15) is 0 Å². The minimum atomic E-state index is -0.484. The lowest BCUT2D eigenvalue weighted by Gasteiger charge is -2.14. The maximum Gasteiger partial charge on any atom is 0.294 e. The number of hydrogen-bond acceptors (Lipinski definition) is 8. The summed E-state index contributed by atoms with van der Waals surface area (Å²) in [6.07, 6.45) is 3.10. The molecule has 0 fully saturated rings. The van der Waals surface area contributed by atoms with Crippen molar-refractivity contribution in [2.75, 3.05) is 14.2 Å². The van der Waals surface area contributed by atoms with Gasteiger partial charge in [0.15, 0.2) is 11.5 Å². The van der Waals surface area contributed by atoms with E-state index < -0.39 is 5.43 Å². The van der Waals surface area contributed by atoms with Crippen LogP contribution in [-0.2, 0) is 6.61 Å². The lowest BCUT2D eigenvalue weighted by atomic mass is 10.1. The number of methoxy groups -OCH3 is 2. The molecular weight excluding hydrogens is 402 g/mol. The van der Waals surface area contributed by atoms with Gasteiger partial charge in [-0.1, -0.05) is 12.1 Å². The molecule has 2 heterocycles. The van der Waals surface area contributed by atoms with Crippen molar-refractivity contribution in [1.82, 2.24) is 4.98 Å². The molecule has 8 heteroatoms. The normalized spacial score (nSPS) is 10.6. The van der Waals surface area contributed by atoms with Gasteiger partial charge in [-0.15, -0.1) is 0 Å². The lowest BCUT2D eigenvalue weighted by molar-refractivity contribution is 0.277. The van der Waals surface area contributed by atoms with E-state index in [4.69, 9.17) is 23.4 Å². The van der Waals surface area contributed by atoms with Gasteiger partial charge in [-0.3, -0.25) is 9.78 Å². The summed E-state index contributed by atoms with van der Waals surface area (Å²) >= 11 is 0. The van der Waals surface area contributed by atoms with Crippen LogP contribution in [0, 0.1) is 0 Å². The number of hydrogen-bond donors (Lipinski definition) is 1. The SMILES string of the molecule is COc1ccc(COc2cc3oc(Oc4ccncc4)cc(=O)c3c(O)c2OC)cc1. The third kappa shape index (κ3) is 4.23. The Balaban J connectivity index is 1.69. The molecule has 31 heavy (non-hydrogen) atoms. The zero-order valence-corrected chi connectivity index (χ0v) is 16.8. The zero-order chi connectivity index (χ0) is 21.8. The molecule has 0 bridgehead atoms. The van der Waals surface area contributed by atoms with E-state index in [1.54, 1.807) is 31.6 Å². The number of phenolic OH excluding ortho intramolecular Hbond substituents is 1. The molecule has 0 atom stereocenters. The summed E-state index contributed by atoms with van der Waals surface area (Å²) in [5.41, 5.74) is 0.487. The van der Waals surface area contributed by atoms with E-state index in [1.807, 2.05) is 24.3 Å². The summed E-state index contributed by atoms with van der Waals surface area (Å²) in [6, 6.07) is 13.2. The standard InChI is InChI=1S/C23H19NO7/c1-27-15-5-3-14(4-6-15)13-29-19-12-18-21(22(26)23(19)28-2)17(25)11-20(31-18)30-16-7-9-24-10-8-16/h3-12,26H,13H2,1-2H3. The largest absolute Gasteiger partial charge is 0.504 e. The van der Waals surface area contributed by atoms with E-state index >= 15 is 0 Å². The number of nitrogens with zero attached hydrogens (tertiary/aromatic N) is 1. The van der Waals surface area contributed by atoms with E-state index in [9.17, 15) is 9.90 Å². The van der Waals surface area contributed by atoms with Crippen molar-refractivity contribution in [2.45, 2.75) is 6.61 Å². The molecule has 0 aliphatic carbocycles. The van der Waals surface area contributed by atoms with Crippen LogP contribution in [-0.4, -0.2) is 24.3 Å². The van der Waals surface area contributed by atoms with Crippen LogP contribution in [0.1, 0.15) is 5.56 Å². The predicted octanol–water partition coefficient (Wildman–Crippen LogP) is 4.28. The van der Waals surface area contributed by atoms with Crippen LogP contribution in [0.4, 0.5) is 0 Å². The number of ether oxygens (including phenoxy) is 4. The maximum absolute atomic E-state index is 12.6. The molecule has 0 radical (unpaired) electrons. The summed E-state index contributed by atoms with van der Waals surface area (Å²) < 4.78 is 27.5. The molecule has 0 saturated carbocycles. The van der Waals surface area contributed by atoms with Gasteiger partial charge in [0.05, 0.1) is 20.3 Å². The Morgan fingerprint density at radius 1 is 0.968 bits per heavy atom. The van der Waals surface area contributed by atoms with Crippen molar-refractivity contribution in [3.8, 4) is 34.7 Å². The minimum absolute atomic E-state index is 0.0317. The molecule has 0 amide bonds. The van der Waals surface area contributed by atoms with Crippen molar-refractivity contribution >= 4 is 11.0 Å². The third-order valence-electron chi connectivity index (χ3n) is 4.52. The quantitative estimate of drug-likeness (QED) is 0.472. The van der Waals surface area contributed by atoms with Crippen molar-refractivity contribution < 1.29 is 28.5 Å². The molecule has 1 N–H and O–H groups in total. The first kappa shape index (κ1) is 20.1. The number of aromatic nitrogens is 1. The fourth-order valence-corrected chi connectivity index (χ4v) is 3.00. The van der Waals surface area contributed by atoms with Gasteiger partial charge < -0.3 is 28.5 Å². The fourth-order valence-electron chi connectivity index (χ4n) is 3.00. The summed E-state index contributed by atoms with van der Waals surface area (Å²) in [5, 5.41) is 10.6. The minimum Gasteiger partial charge on any atom is -0.504 e. The first-order valence-electron chi connectivity index (χ1n) is 9.30. The molecule has 2 aromatic carbocycles. The highest BCUT2D eigenvalue weighted by atomic mass is 16.6. The number of phenols is 1. The molecule has 158 valence electrons. The van der Waals surface area contributed by atoms with Gasteiger partial charge >= 0.3 is 0 Å². The number of benzene rings is 2. The number of aromatic hydroxyl groups is 1. The van der Waals surface area contributed by atoms with Crippen molar-refractivity contribution in [1.29, 1.82) is 0 Å². The number of fused-ring (bicyclic) bond motifs is 1. The molecule has 4 aromatic rings. The van der Waals surface area contributed by atoms with Crippen LogP contribution in [0.3, 0.4) is 0 Å². The topological polar surface area (TPSA) is 100 Å². The Bertz CT molecular complexity index is 1250. The molecular formula is C23H19NO7. The van der Waals surface area contributed by atoms with Gasteiger partial charge in [0.2, 0.25) is 11.2 Å². The first-order chi connectivity index (χ1) is 15.1. The third-order valence-corrected chi connectivity index (χ3v) is 4.52. The van der Waals surface area contributed by atoms with E-state index in [-0.39, 0.29) is 40.8 Å². The average molecular weight is 421 g/mol. The monoisotopic (exact) mass is 421 g/mol. The number of rotatable bonds is 7. The van der Waals surface area contributed by atoms with E-state index in [2.05, 4.69) is 4.98 Å². The van der Waals surface area contributed by atoms with Crippen molar-refractivity contribution in [2.24, 2.45) is 0 Å². The lowest BCUT2D eigenvalue weighted by Crippen LogP contribution is -2.04. The van der Waals surface area contributed by atoms with Crippen LogP contribution < -0.4 is 24.4 Å². The molecule has 2 aromatic heterocycles. The Morgan fingerprint density at radius 3 is 2.39 bits per heavy atom. The predicted molar refractivity (Wildman–Crippen MR) is 112 cm³/mol. The fraction of sp³-hybridized carbons (Fsp3) is 0.130. The van der Waals surface area contributed by atoms with Crippen molar-refractivity contribution in [3.63, 3.8) is 0 Å². The molecule has 0 aliphatic rings. The Hall–Kier alpha value is -4.20. The highest BCUT2D eigenvalue weighted by Gasteiger charge is 2.20. The van der Waals surface area contributed by atoms with Gasteiger partial charge in [-0.05, 0) is 29.8 Å². The van der Waals surface area contributed by atoms with Crippen molar-refractivity contribution in [3.05, 3.63) is 76.7 Å². The Kier molecular flexibility index (Phi) is 5.61. The molecule has 8 nitrogen and oxygen atoms in total. The van der Waals surface area contributed by atoms with Gasteiger partial charge in [0, 0.05) is 18.5 Å². The summed E-state index contributed by atoms with van der Waals surface area (Å²) in [5.74, 6) is 1.03. The average Bonchev–Trinajstić information content (AvgIpc) is 2.78. The van der Waals surface area contributed by atoms with Gasteiger partial charge in [0.1, 0.15) is 29.1 Å². The number of pyridine rings is 1. The highest BCUT2D eigenvalue weighted by molar-refractivity contribution is 5.88. The molecule has 0 saturated heterocycles. The summed E-state index contributed by atoms with van der Waals surface area (Å²) in [7, 11) is 2.97. The second-order valence-electron chi connectivity index (χ2n) is 6.48. The molecule has 0 spiro atoms. The van der Waals surface area contributed by atoms with Crippen LogP contribution in [0.25, 0.3) is 11.0 Å². The second-order valence-corrected chi connectivity index (χ2v) is 6.48. The maximum atomic E-state index is 12.6. The first-order valence-corrected chi connectivity index (χ1v) is 9.30. The second kappa shape index (κ2) is 8.66. The van der Waals surface area contributed by atoms with Gasteiger partial charge in [-0.25, -0.2) is 0 Å². The Morgan fingerprint density at radius 2 is 1.71 bits per heavy atom. The molecule has 4 rings (SSSR count).